The molecule has 1 aliphatic rings. The third-order valence-electron chi connectivity index (χ3n) is 4.21. The van der Waals surface area contributed by atoms with Gasteiger partial charge >= 0.3 is 6.18 Å². The number of alkyl halides is 3. The first-order valence-electron chi connectivity index (χ1n) is 7.98. The Labute approximate surface area is 157 Å². The second kappa shape index (κ2) is 7.79. The Morgan fingerprint density at radius 2 is 2.08 bits per heavy atom. The van der Waals surface area contributed by atoms with Crippen molar-refractivity contribution < 1.29 is 18.0 Å². The van der Waals surface area contributed by atoms with E-state index in [0.717, 1.165) is 17.3 Å². The van der Waals surface area contributed by atoms with Crippen molar-refractivity contribution in [3.63, 3.8) is 0 Å². The maximum Gasteiger partial charge on any atom is 0.417 e. The molecule has 1 N–H and O–H groups in total. The molecule has 1 amide bonds. The predicted molar refractivity (Wildman–Crippen MR) is 93.1 cm³/mol. The molecule has 26 heavy (non-hydrogen) atoms. The van der Waals surface area contributed by atoms with E-state index in [4.69, 9.17) is 11.6 Å². The summed E-state index contributed by atoms with van der Waals surface area (Å²) in [5, 5.41) is 5.52. The number of nitrogens with zero attached hydrogens (tertiary/aromatic N) is 3. The van der Waals surface area contributed by atoms with Crippen LogP contribution in [-0.4, -0.2) is 29.0 Å². The molecule has 3 heterocycles. The highest BCUT2D eigenvalue weighted by Gasteiger charge is 2.33. The lowest BCUT2D eigenvalue weighted by atomic mass is 9.96. The Hall–Kier alpha value is -1.87. The summed E-state index contributed by atoms with van der Waals surface area (Å²) in [4.78, 5) is 22.0. The molecule has 0 bridgehead atoms. The lowest BCUT2D eigenvalue weighted by Crippen LogP contribution is -2.40. The van der Waals surface area contributed by atoms with Gasteiger partial charge in [-0.15, -0.1) is 11.3 Å². The predicted octanol–water partition coefficient (Wildman–Crippen LogP) is 3.74. The van der Waals surface area contributed by atoms with Gasteiger partial charge in [-0.2, -0.15) is 13.2 Å². The van der Waals surface area contributed by atoms with Crippen LogP contribution >= 0.6 is 22.9 Å². The van der Waals surface area contributed by atoms with Crippen molar-refractivity contribution in [2.24, 2.45) is 5.92 Å². The van der Waals surface area contributed by atoms with Gasteiger partial charge in [0.2, 0.25) is 5.91 Å². The van der Waals surface area contributed by atoms with E-state index >= 15 is 0 Å². The van der Waals surface area contributed by atoms with Crippen molar-refractivity contribution >= 4 is 34.7 Å². The van der Waals surface area contributed by atoms with E-state index in [9.17, 15) is 18.0 Å². The fraction of sp³-hybridized carbons (Fsp3) is 0.438. The van der Waals surface area contributed by atoms with Crippen LogP contribution in [0.5, 0.6) is 0 Å². The van der Waals surface area contributed by atoms with Crippen LogP contribution in [0.3, 0.4) is 0 Å². The van der Waals surface area contributed by atoms with Gasteiger partial charge in [-0.1, -0.05) is 11.6 Å². The summed E-state index contributed by atoms with van der Waals surface area (Å²) < 4.78 is 38.1. The van der Waals surface area contributed by atoms with E-state index in [1.54, 1.807) is 6.20 Å². The fourth-order valence-corrected chi connectivity index (χ4v) is 3.66. The summed E-state index contributed by atoms with van der Waals surface area (Å²) in [5.74, 6) is 0.145. The van der Waals surface area contributed by atoms with Crippen LogP contribution in [0.1, 0.15) is 23.4 Å². The molecule has 1 saturated heterocycles. The zero-order chi connectivity index (χ0) is 18.7. The fourth-order valence-electron chi connectivity index (χ4n) is 2.82. The second-order valence-electron chi connectivity index (χ2n) is 5.93. The average molecular weight is 405 g/mol. The van der Waals surface area contributed by atoms with Crippen LogP contribution in [0.4, 0.5) is 19.0 Å². The molecule has 0 atom stereocenters. The molecule has 0 aromatic carbocycles. The Kier molecular flexibility index (Phi) is 5.67. The topological polar surface area (TPSA) is 58.1 Å². The van der Waals surface area contributed by atoms with E-state index < -0.39 is 11.7 Å². The van der Waals surface area contributed by atoms with Crippen LogP contribution in [0.15, 0.2) is 23.8 Å². The van der Waals surface area contributed by atoms with E-state index in [0.29, 0.717) is 38.3 Å². The number of carbonyl (C=O) groups excluding carboxylic acids is 1. The molecule has 0 saturated carbocycles. The Bertz CT molecular complexity index is 761. The van der Waals surface area contributed by atoms with Crippen molar-refractivity contribution in [3.05, 3.63) is 39.4 Å². The van der Waals surface area contributed by atoms with Gasteiger partial charge in [0, 0.05) is 36.8 Å². The van der Waals surface area contributed by atoms with Crippen molar-refractivity contribution in [1.29, 1.82) is 0 Å². The number of amides is 1. The van der Waals surface area contributed by atoms with Gasteiger partial charge < -0.3 is 10.2 Å². The number of halogens is 4. The summed E-state index contributed by atoms with van der Waals surface area (Å²) >= 11 is 7.46. The number of piperidine rings is 1. The number of hydrogen-bond donors (Lipinski definition) is 1. The minimum absolute atomic E-state index is 0.0357. The van der Waals surface area contributed by atoms with Gasteiger partial charge in [0.25, 0.3) is 0 Å². The van der Waals surface area contributed by atoms with Crippen molar-refractivity contribution in [2.75, 3.05) is 18.0 Å². The number of pyridine rings is 1. The minimum atomic E-state index is -4.47. The van der Waals surface area contributed by atoms with E-state index in [1.165, 1.54) is 11.3 Å². The summed E-state index contributed by atoms with van der Waals surface area (Å²) in [6.45, 7) is 1.42. The quantitative estimate of drug-likeness (QED) is 0.843. The number of thiazole rings is 1. The number of rotatable bonds is 4. The average Bonchev–Trinajstić information content (AvgIpc) is 3.12. The van der Waals surface area contributed by atoms with Gasteiger partial charge in [-0.25, -0.2) is 9.97 Å². The summed E-state index contributed by atoms with van der Waals surface area (Å²) in [5.41, 5.74) is -0.872. The molecule has 1 aliphatic heterocycles. The number of nitrogens with one attached hydrogen (secondary N) is 1. The molecular weight excluding hydrogens is 389 g/mol. The number of anilines is 1. The molecule has 2 aromatic rings. The van der Waals surface area contributed by atoms with Crippen LogP contribution in [0.2, 0.25) is 5.02 Å². The lowest BCUT2D eigenvalue weighted by molar-refractivity contribution is -0.137. The van der Waals surface area contributed by atoms with E-state index in [-0.39, 0.29) is 16.8 Å². The third-order valence-corrected chi connectivity index (χ3v) is 5.27. The monoisotopic (exact) mass is 404 g/mol. The molecule has 10 heteroatoms. The highest BCUT2D eigenvalue weighted by molar-refractivity contribution is 7.09. The Morgan fingerprint density at radius 3 is 2.65 bits per heavy atom. The largest absolute Gasteiger partial charge is 0.417 e. The first kappa shape index (κ1) is 18.9. The van der Waals surface area contributed by atoms with Crippen LogP contribution < -0.4 is 10.2 Å². The highest BCUT2D eigenvalue weighted by atomic mass is 35.5. The van der Waals surface area contributed by atoms with Crippen molar-refractivity contribution in [2.45, 2.75) is 25.6 Å². The molecule has 1 fully saturated rings. The molecular formula is C16H16ClF3N4OS. The smallest absolute Gasteiger partial charge is 0.355 e. The van der Waals surface area contributed by atoms with Gasteiger partial charge in [0.1, 0.15) is 10.8 Å². The molecule has 0 radical (unpaired) electrons. The second-order valence-corrected chi connectivity index (χ2v) is 7.32. The first-order chi connectivity index (χ1) is 12.3. The molecule has 0 spiro atoms. The van der Waals surface area contributed by atoms with Gasteiger partial charge in [0.05, 0.1) is 17.1 Å². The summed E-state index contributed by atoms with van der Waals surface area (Å²) in [7, 11) is 0. The normalized spacial score (nSPS) is 15.9. The maximum atomic E-state index is 12.7. The van der Waals surface area contributed by atoms with Gasteiger partial charge in [-0.05, 0) is 18.9 Å². The Balaban J connectivity index is 1.55. The molecule has 140 valence electrons. The number of aromatic nitrogens is 2. The van der Waals surface area contributed by atoms with Crippen molar-refractivity contribution in [3.8, 4) is 0 Å². The first-order valence-corrected chi connectivity index (χ1v) is 9.24. The SMILES string of the molecule is O=C(NCc1nccs1)C1CCN(c2ncc(C(F)(F)F)cc2Cl)CC1. The van der Waals surface area contributed by atoms with Gasteiger partial charge in [0.15, 0.2) is 0 Å². The molecule has 0 aliphatic carbocycles. The zero-order valence-electron chi connectivity index (χ0n) is 13.6. The number of hydrogen-bond acceptors (Lipinski definition) is 5. The standard InChI is InChI=1S/C16H16ClF3N4OS/c17-12-7-11(16(18,19)20)8-22-14(12)24-4-1-10(2-5-24)15(25)23-9-13-21-3-6-26-13/h3,6-8,10H,1-2,4-5,9H2,(H,23,25). The van der Waals surface area contributed by atoms with Crippen LogP contribution in [-0.2, 0) is 17.5 Å². The third kappa shape index (κ3) is 4.45. The highest BCUT2D eigenvalue weighted by Crippen LogP contribution is 2.34. The molecule has 0 unspecified atom stereocenters. The lowest BCUT2D eigenvalue weighted by Gasteiger charge is -2.32. The maximum absolute atomic E-state index is 12.7. The summed E-state index contributed by atoms with van der Waals surface area (Å²) in [6.07, 6.45) is -0.831. The molecule has 2 aromatic heterocycles. The molecule has 5 nitrogen and oxygen atoms in total. The Morgan fingerprint density at radius 1 is 1.35 bits per heavy atom. The van der Waals surface area contributed by atoms with Gasteiger partial charge in [-0.3, -0.25) is 4.79 Å². The molecule has 3 rings (SSSR count). The van der Waals surface area contributed by atoms with Crippen LogP contribution in [0.25, 0.3) is 0 Å². The number of carbonyl (C=O) groups is 1. The van der Waals surface area contributed by atoms with Crippen molar-refractivity contribution in [1.82, 2.24) is 15.3 Å². The minimum Gasteiger partial charge on any atom is -0.355 e. The van der Waals surface area contributed by atoms with E-state index in [2.05, 4.69) is 15.3 Å². The summed E-state index contributed by atoms with van der Waals surface area (Å²) in [6, 6.07) is 0.886. The van der Waals surface area contributed by atoms with E-state index in [1.807, 2.05) is 10.3 Å². The zero-order valence-corrected chi connectivity index (χ0v) is 15.2. The van der Waals surface area contributed by atoms with Crippen LogP contribution in [0, 0.1) is 5.92 Å².